The molecule has 35 heavy (non-hydrogen) atoms. The van der Waals surface area contributed by atoms with Crippen molar-refractivity contribution in [1.29, 1.82) is 0 Å². The van der Waals surface area contributed by atoms with Gasteiger partial charge in [0.1, 0.15) is 0 Å². The van der Waals surface area contributed by atoms with E-state index in [4.69, 9.17) is 0 Å². The van der Waals surface area contributed by atoms with Crippen molar-refractivity contribution in [3.8, 4) is 0 Å². The minimum Gasteiger partial charge on any atom is -0.748 e. The van der Waals surface area contributed by atoms with Crippen molar-refractivity contribution in [3.05, 3.63) is 91.0 Å². The highest BCUT2D eigenvalue weighted by Gasteiger charge is 2.27. The molecule has 0 spiro atoms. The summed E-state index contributed by atoms with van der Waals surface area (Å²) in [6.07, 6.45) is 11.4. The van der Waals surface area contributed by atoms with Crippen molar-refractivity contribution >= 4 is 21.0 Å². The van der Waals surface area contributed by atoms with E-state index in [0.29, 0.717) is 6.42 Å². The molecule has 5 heteroatoms. The van der Waals surface area contributed by atoms with Gasteiger partial charge in [-0.2, -0.15) is 0 Å². The van der Waals surface area contributed by atoms with Crippen molar-refractivity contribution in [1.82, 2.24) is 0 Å². The third-order valence-electron chi connectivity index (χ3n) is 5.68. The lowest BCUT2D eigenvalue weighted by Crippen LogP contribution is -2.04. The molecule has 0 aromatic heterocycles. The molecule has 190 valence electrons. The zero-order valence-corrected chi connectivity index (χ0v) is 22.6. The molecule has 0 aliphatic rings. The van der Waals surface area contributed by atoms with E-state index in [2.05, 4.69) is 97.9 Å². The highest BCUT2D eigenvalue weighted by Crippen LogP contribution is 2.30. The molecule has 0 aliphatic carbocycles. The first-order valence-corrected chi connectivity index (χ1v) is 15.6. The van der Waals surface area contributed by atoms with Gasteiger partial charge in [0.25, 0.3) is 0 Å². The molecular formula is C30H40O3S2. The Labute approximate surface area is 216 Å². The molecule has 0 radical (unpaired) electrons. The maximum Gasteiger partial charge on any atom is 0.166 e. The fraction of sp³-hybridized carbons (Fsp3) is 0.400. The van der Waals surface area contributed by atoms with Crippen LogP contribution in [-0.4, -0.2) is 18.7 Å². The first-order valence-electron chi connectivity index (χ1n) is 12.8. The minimum absolute atomic E-state index is 0.0146. The monoisotopic (exact) mass is 512 g/mol. The van der Waals surface area contributed by atoms with E-state index in [1.807, 2.05) is 0 Å². The van der Waals surface area contributed by atoms with Crippen LogP contribution in [0.3, 0.4) is 0 Å². The minimum atomic E-state index is -3.98. The van der Waals surface area contributed by atoms with Gasteiger partial charge in [0.2, 0.25) is 0 Å². The van der Waals surface area contributed by atoms with Gasteiger partial charge in [-0.25, -0.2) is 8.42 Å². The maximum atomic E-state index is 10.3. The molecule has 0 aliphatic heterocycles. The van der Waals surface area contributed by atoms with E-state index in [9.17, 15) is 13.0 Å². The van der Waals surface area contributed by atoms with Crippen LogP contribution in [0.1, 0.15) is 71.1 Å². The van der Waals surface area contributed by atoms with Crippen LogP contribution in [0.25, 0.3) is 0 Å². The van der Waals surface area contributed by atoms with E-state index in [-0.39, 0.29) is 16.6 Å². The second-order valence-electron chi connectivity index (χ2n) is 8.69. The van der Waals surface area contributed by atoms with Gasteiger partial charge in [-0.3, -0.25) is 0 Å². The molecule has 0 saturated heterocycles. The van der Waals surface area contributed by atoms with Gasteiger partial charge < -0.3 is 4.55 Å². The zero-order chi connectivity index (χ0) is 25.2. The standard InChI is InChI=1S/C18H15S.C12H26O3S/c1-4-10-16(11-5-1)19(17-12-6-2-7-13-17)18-14-8-3-9-15-18;1-2-3-4-5-6-7-8-9-10-11-12-16(13,14)15/h1-15H;2-12H2,1H3,(H,13,14,15)/q+1;/p-1. The summed E-state index contributed by atoms with van der Waals surface area (Å²) in [5.74, 6) is -0.191. The second-order valence-corrected chi connectivity index (χ2v) is 12.2. The highest BCUT2D eigenvalue weighted by molar-refractivity contribution is 7.97. The fourth-order valence-electron chi connectivity index (χ4n) is 3.84. The summed E-state index contributed by atoms with van der Waals surface area (Å²) in [5.41, 5.74) is 0. The predicted octanol–water partition coefficient (Wildman–Crippen LogP) is 8.23. The molecule has 0 bridgehead atoms. The summed E-state index contributed by atoms with van der Waals surface area (Å²) in [7, 11) is -4.00. The van der Waals surface area contributed by atoms with Gasteiger partial charge in [0, 0.05) is 5.75 Å². The van der Waals surface area contributed by atoms with Gasteiger partial charge in [0.05, 0.1) is 21.0 Å². The van der Waals surface area contributed by atoms with Crippen LogP contribution in [0.15, 0.2) is 106 Å². The van der Waals surface area contributed by atoms with Crippen LogP contribution in [0.5, 0.6) is 0 Å². The Hall–Kier alpha value is -2.08. The van der Waals surface area contributed by atoms with Crippen LogP contribution in [0.2, 0.25) is 0 Å². The third kappa shape index (κ3) is 13.0. The Kier molecular flexibility index (Phi) is 14.5. The average molecular weight is 513 g/mol. The van der Waals surface area contributed by atoms with Crippen molar-refractivity contribution in [2.75, 3.05) is 5.75 Å². The topological polar surface area (TPSA) is 57.2 Å². The summed E-state index contributed by atoms with van der Waals surface area (Å²) < 4.78 is 30.9. The van der Waals surface area contributed by atoms with E-state index in [0.717, 1.165) is 12.8 Å². The average Bonchev–Trinajstić information content (AvgIpc) is 2.87. The third-order valence-corrected chi connectivity index (χ3v) is 8.70. The summed E-state index contributed by atoms with van der Waals surface area (Å²) >= 11 is 0. The highest BCUT2D eigenvalue weighted by atomic mass is 32.2. The van der Waals surface area contributed by atoms with Crippen LogP contribution < -0.4 is 0 Å². The van der Waals surface area contributed by atoms with Crippen molar-refractivity contribution in [3.63, 3.8) is 0 Å². The van der Waals surface area contributed by atoms with E-state index >= 15 is 0 Å². The molecule has 0 unspecified atom stereocenters. The fourth-order valence-corrected chi connectivity index (χ4v) is 6.51. The molecule has 3 aromatic carbocycles. The Morgan fingerprint density at radius 3 is 1.17 bits per heavy atom. The second kappa shape index (κ2) is 17.4. The lowest BCUT2D eigenvalue weighted by atomic mass is 10.1. The van der Waals surface area contributed by atoms with Gasteiger partial charge in [-0.1, -0.05) is 119 Å². The van der Waals surface area contributed by atoms with E-state index in [1.165, 1.54) is 59.6 Å². The molecule has 3 rings (SSSR count). The van der Waals surface area contributed by atoms with E-state index in [1.54, 1.807) is 0 Å². The quantitative estimate of drug-likeness (QED) is 0.124. The SMILES string of the molecule is CCCCCCCCCCCCS(=O)(=O)[O-].c1ccc([S+](c2ccccc2)c2ccccc2)cc1. The Morgan fingerprint density at radius 2 is 0.857 bits per heavy atom. The lowest BCUT2D eigenvalue weighted by molar-refractivity contribution is 0.459. The number of rotatable bonds is 14. The van der Waals surface area contributed by atoms with Crippen LogP contribution >= 0.6 is 0 Å². The van der Waals surface area contributed by atoms with Gasteiger partial charge >= 0.3 is 0 Å². The Balaban J connectivity index is 0.000000252. The number of hydrogen-bond acceptors (Lipinski definition) is 3. The van der Waals surface area contributed by atoms with Crippen molar-refractivity contribution in [2.45, 2.75) is 85.8 Å². The molecule has 0 amide bonds. The molecule has 0 saturated carbocycles. The predicted molar refractivity (Wildman–Crippen MR) is 148 cm³/mol. The van der Waals surface area contributed by atoms with Gasteiger partial charge in [-0.15, -0.1) is 0 Å². The van der Waals surface area contributed by atoms with Gasteiger partial charge in [0.15, 0.2) is 14.7 Å². The molecule has 3 aromatic rings. The van der Waals surface area contributed by atoms with Crippen LogP contribution in [0.4, 0.5) is 0 Å². The Bertz CT molecular complexity index is 913. The first-order chi connectivity index (χ1) is 17.0. The number of hydrogen-bond donors (Lipinski definition) is 0. The molecule has 0 atom stereocenters. The zero-order valence-electron chi connectivity index (χ0n) is 21.0. The number of unbranched alkanes of at least 4 members (excludes halogenated alkanes) is 9. The molecule has 0 N–H and O–H groups in total. The van der Waals surface area contributed by atoms with Crippen molar-refractivity contribution < 1.29 is 13.0 Å². The lowest BCUT2D eigenvalue weighted by Gasteiger charge is -2.07. The Morgan fingerprint density at radius 1 is 0.543 bits per heavy atom. The summed E-state index contributed by atoms with van der Waals surface area (Å²) in [5, 5.41) is 0. The smallest absolute Gasteiger partial charge is 0.166 e. The number of benzene rings is 3. The largest absolute Gasteiger partial charge is 0.748 e. The summed E-state index contributed by atoms with van der Waals surface area (Å²) in [6, 6.07) is 32.2. The molecule has 0 fully saturated rings. The van der Waals surface area contributed by atoms with Gasteiger partial charge in [-0.05, 0) is 42.8 Å². The van der Waals surface area contributed by atoms with Crippen LogP contribution in [-0.2, 0) is 21.0 Å². The molecular weight excluding hydrogens is 472 g/mol. The van der Waals surface area contributed by atoms with Crippen LogP contribution in [0, 0.1) is 0 Å². The van der Waals surface area contributed by atoms with E-state index < -0.39 is 10.1 Å². The molecule has 3 nitrogen and oxygen atoms in total. The summed E-state index contributed by atoms with van der Waals surface area (Å²) in [4.78, 5) is 4.08. The maximum absolute atomic E-state index is 10.3. The summed E-state index contributed by atoms with van der Waals surface area (Å²) in [6.45, 7) is 2.21. The molecule has 0 heterocycles. The normalized spacial score (nSPS) is 11.2. The van der Waals surface area contributed by atoms with Crippen molar-refractivity contribution in [2.24, 2.45) is 0 Å². The first kappa shape index (κ1) is 29.2.